The fourth-order valence-electron chi connectivity index (χ4n) is 2.81. The summed E-state index contributed by atoms with van der Waals surface area (Å²) in [5.41, 5.74) is 0.617. The van der Waals surface area contributed by atoms with Gasteiger partial charge in [-0.15, -0.1) is 0 Å². The Labute approximate surface area is 157 Å². The van der Waals surface area contributed by atoms with E-state index in [1.165, 1.54) is 29.2 Å². The Morgan fingerprint density at radius 1 is 1.26 bits per heavy atom. The molecule has 1 aromatic carbocycles. The highest BCUT2D eigenvalue weighted by molar-refractivity contribution is 7.89. The van der Waals surface area contributed by atoms with Crippen LogP contribution >= 0.6 is 0 Å². The zero-order chi connectivity index (χ0) is 20.0. The van der Waals surface area contributed by atoms with E-state index in [0.717, 1.165) is 0 Å². The average Bonchev–Trinajstić information content (AvgIpc) is 2.65. The standard InChI is InChI=1S/C17H23N3O6S/c1-2-26-17(23)13-4-3-9-20(11-13)16(22)15(21)19-10-12-5-7-14(8-6-12)27(18,24)25/h5-8,13H,2-4,9-11H2,1H3,(H,19,21)(H2,18,24,25). The minimum Gasteiger partial charge on any atom is -0.466 e. The van der Waals surface area contributed by atoms with Gasteiger partial charge in [0.25, 0.3) is 0 Å². The summed E-state index contributed by atoms with van der Waals surface area (Å²) in [6, 6.07) is 5.66. The maximum atomic E-state index is 12.3. The topological polar surface area (TPSA) is 136 Å². The van der Waals surface area contributed by atoms with Crippen molar-refractivity contribution in [2.45, 2.75) is 31.2 Å². The van der Waals surface area contributed by atoms with E-state index in [-0.39, 0.29) is 30.6 Å². The Morgan fingerprint density at radius 2 is 1.93 bits per heavy atom. The molecule has 0 aromatic heterocycles. The third-order valence-corrected chi connectivity index (χ3v) is 5.16. The normalized spacial score (nSPS) is 17.3. The van der Waals surface area contributed by atoms with E-state index in [0.29, 0.717) is 24.9 Å². The van der Waals surface area contributed by atoms with Crippen LogP contribution in [0.3, 0.4) is 0 Å². The van der Waals surface area contributed by atoms with Gasteiger partial charge in [-0.05, 0) is 37.5 Å². The molecule has 1 fully saturated rings. The van der Waals surface area contributed by atoms with Gasteiger partial charge in [0, 0.05) is 19.6 Å². The minimum absolute atomic E-state index is 0.0352. The molecule has 0 bridgehead atoms. The third-order valence-electron chi connectivity index (χ3n) is 4.23. The van der Waals surface area contributed by atoms with E-state index in [1.807, 2.05) is 0 Å². The van der Waals surface area contributed by atoms with Crippen molar-refractivity contribution in [2.24, 2.45) is 11.1 Å². The molecule has 0 radical (unpaired) electrons. The Hall–Kier alpha value is -2.46. The summed E-state index contributed by atoms with van der Waals surface area (Å²) in [7, 11) is -3.78. The van der Waals surface area contributed by atoms with Gasteiger partial charge < -0.3 is 15.0 Å². The second kappa shape index (κ2) is 8.96. The number of amides is 2. The zero-order valence-electron chi connectivity index (χ0n) is 15.0. The number of carbonyl (C=O) groups excluding carboxylic acids is 3. The van der Waals surface area contributed by atoms with Crippen molar-refractivity contribution in [2.75, 3.05) is 19.7 Å². The smallest absolute Gasteiger partial charge is 0.311 e. The Balaban J connectivity index is 1.89. The molecule has 0 spiro atoms. The summed E-state index contributed by atoms with van der Waals surface area (Å²) in [5, 5.41) is 7.52. The van der Waals surface area contributed by atoms with Crippen molar-refractivity contribution in [3.8, 4) is 0 Å². The first-order valence-corrected chi connectivity index (χ1v) is 10.1. The maximum Gasteiger partial charge on any atom is 0.311 e. The Bertz CT molecular complexity index is 806. The number of ether oxygens (including phenoxy) is 1. The summed E-state index contributed by atoms with van der Waals surface area (Å²) in [4.78, 5) is 37.6. The van der Waals surface area contributed by atoms with E-state index in [1.54, 1.807) is 6.92 Å². The minimum atomic E-state index is -3.78. The highest BCUT2D eigenvalue weighted by atomic mass is 32.2. The van der Waals surface area contributed by atoms with Gasteiger partial charge in [0.1, 0.15) is 0 Å². The molecule has 1 unspecified atom stereocenters. The van der Waals surface area contributed by atoms with E-state index in [9.17, 15) is 22.8 Å². The first kappa shape index (κ1) is 20.8. The molecular formula is C17H23N3O6S. The van der Waals surface area contributed by atoms with Gasteiger partial charge in [-0.3, -0.25) is 14.4 Å². The number of hydrogen-bond acceptors (Lipinski definition) is 6. The quantitative estimate of drug-likeness (QED) is 0.519. The molecule has 2 amide bonds. The largest absolute Gasteiger partial charge is 0.466 e. The first-order chi connectivity index (χ1) is 12.7. The molecule has 1 heterocycles. The molecule has 9 nitrogen and oxygen atoms in total. The van der Waals surface area contributed by atoms with Crippen LogP contribution in [0.2, 0.25) is 0 Å². The number of sulfonamides is 1. The molecule has 27 heavy (non-hydrogen) atoms. The third kappa shape index (κ3) is 5.76. The fourth-order valence-corrected chi connectivity index (χ4v) is 3.33. The molecule has 1 aliphatic heterocycles. The Morgan fingerprint density at radius 3 is 2.52 bits per heavy atom. The number of primary sulfonamides is 1. The predicted molar refractivity (Wildman–Crippen MR) is 95.6 cm³/mol. The number of carbonyl (C=O) groups is 3. The monoisotopic (exact) mass is 397 g/mol. The molecule has 1 aromatic rings. The van der Waals surface area contributed by atoms with Crippen molar-refractivity contribution in [1.82, 2.24) is 10.2 Å². The van der Waals surface area contributed by atoms with Crippen LogP contribution in [0.4, 0.5) is 0 Å². The average molecular weight is 397 g/mol. The number of nitrogens with one attached hydrogen (secondary N) is 1. The van der Waals surface area contributed by atoms with Gasteiger partial charge in [-0.2, -0.15) is 0 Å². The summed E-state index contributed by atoms with van der Waals surface area (Å²) in [6.45, 7) is 2.62. The maximum absolute atomic E-state index is 12.3. The van der Waals surface area contributed by atoms with E-state index < -0.39 is 27.8 Å². The SMILES string of the molecule is CCOC(=O)C1CCCN(C(=O)C(=O)NCc2ccc(S(N)(=O)=O)cc2)C1. The molecule has 0 aliphatic carbocycles. The molecule has 1 atom stereocenters. The van der Waals surface area contributed by atoms with Crippen LogP contribution in [0.15, 0.2) is 29.2 Å². The van der Waals surface area contributed by atoms with Crippen molar-refractivity contribution in [1.29, 1.82) is 0 Å². The van der Waals surface area contributed by atoms with Crippen molar-refractivity contribution in [3.05, 3.63) is 29.8 Å². The first-order valence-electron chi connectivity index (χ1n) is 8.58. The van der Waals surface area contributed by atoms with Crippen LogP contribution in [-0.4, -0.2) is 50.8 Å². The highest BCUT2D eigenvalue weighted by Gasteiger charge is 2.31. The van der Waals surface area contributed by atoms with Gasteiger partial charge in [-0.25, -0.2) is 13.6 Å². The molecular weight excluding hydrogens is 374 g/mol. The highest BCUT2D eigenvalue weighted by Crippen LogP contribution is 2.18. The second-order valence-corrected chi connectivity index (χ2v) is 7.78. The van der Waals surface area contributed by atoms with Crippen LogP contribution in [0.1, 0.15) is 25.3 Å². The van der Waals surface area contributed by atoms with Gasteiger partial charge in [-0.1, -0.05) is 12.1 Å². The molecule has 148 valence electrons. The summed E-state index contributed by atoms with van der Waals surface area (Å²) in [5.74, 6) is -2.26. The van der Waals surface area contributed by atoms with Gasteiger partial charge >= 0.3 is 17.8 Å². The fraction of sp³-hybridized carbons (Fsp3) is 0.471. The van der Waals surface area contributed by atoms with Gasteiger partial charge in [0.05, 0.1) is 17.4 Å². The number of benzene rings is 1. The lowest BCUT2D eigenvalue weighted by Gasteiger charge is -2.31. The number of likely N-dealkylation sites (tertiary alicyclic amines) is 1. The molecule has 1 saturated heterocycles. The van der Waals surface area contributed by atoms with Crippen molar-refractivity contribution < 1.29 is 27.5 Å². The molecule has 3 N–H and O–H groups in total. The number of nitrogens with two attached hydrogens (primary N) is 1. The predicted octanol–water partition coefficient (Wildman–Crippen LogP) is -0.248. The van der Waals surface area contributed by atoms with Crippen LogP contribution in [0.25, 0.3) is 0 Å². The number of rotatable bonds is 5. The van der Waals surface area contributed by atoms with E-state index >= 15 is 0 Å². The van der Waals surface area contributed by atoms with E-state index in [2.05, 4.69) is 5.32 Å². The van der Waals surface area contributed by atoms with E-state index in [4.69, 9.17) is 9.88 Å². The van der Waals surface area contributed by atoms with Crippen molar-refractivity contribution >= 4 is 27.8 Å². The van der Waals surface area contributed by atoms with Crippen molar-refractivity contribution in [3.63, 3.8) is 0 Å². The lowest BCUT2D eigenvalue weighted by molar-refractivity contribution is -0.154. The molecule has 2 rings (SSSR count). The summed E-state index contributed by atoms with van der Waals surface area (Å²) in [6.07, 6.45) is 1.25. The lowest BCUT2D eigenvalue weighted by atomic mass is 9.98. The van der Waals surface area contributed by atoms with Crippen LogP contribution in [-0.2, 0) is 35.7 Å². The molecule has 10 heteroatoms. The van der Waals surface area contributed by atoms with Crippen LogP contribution in [0, 0.1) is 5.92 Å². The Kier molecular flexibility index (Phi) is 6.92. The lowest BCUT2D eigenvalue weighted by Crippen LogP contribution is -2.48. The van der Waals surface area contributed by atoms with Crippen LogP contribution < -0.4 is 10.5 Å². The molecule has 1 aliphatic rings. The number of hydrogen-bond donors (Lipinski definition) is 2. The zero-order valence-corrected chi connectivity index (χ0v) is 15.8. The van der Waals surface area contributed by atoms with Gasteiger partial charge in [0.15, 0.2) is 0 Å². The number of piperidine rings is 1. The summed E-state index contributed by atoms with van der Waals surface area (Å²) < 4.78 is 27.4. The number of nitrogens with zero attached hydrogens (tertiary/aromatic N) is 1. The van der Waals surface area contributed by atoms with Gasteiger partial charge in [0.2, 0.25) is 10.0 Å². The second-order valence-electron chi connectivity index (χ2n) is 6.21. The van der Waals surface area contributed by atoms with Crippen LogP contribution in [0.5, 0.6) is 0 Å². The molecule has 0 saturated carbocycles. The summed E-state index contributed by atoms with van der Waals surface area (Å²) >= 11 is 0. The number of esters is 1.